The third-order valence-corrected chi connectivity index (χ3v) is 4.40. The van der Waals surface area contributed by atoms with Crippen LogP contribution in [0.15, 0.2) is 55.4 Å². The van der Waals surface area contributed by atoms with Crippen LogP contribution in [0.1, 0.15) is 24.3 Å². The minimum absolute atomic E-state index is 0.519. The summed E-state index contributed by atoms with van der Waals surface area (Å²) in [6.45, 7) is 1.92. The number of nitrogens with zero attached hydrogens (tertiary/aromatic N) is 6. The van der Waals surface area contributed by atoms with Gasteiger partial charge in [-0.15, -0.1) is 0 Å². The lowest BCUT2D eigenvalue weighted by Gasteiger charge is -2.32. The van der Waals surface area contributed by atoms with E-state index in [4.69, 9.17) is 0 Å². The molecule has 1 aliphatic heterocycles. The Balaban J connectivity index is 1.42. The fourth-order valence-corrected chi connectivity index (χ4v) is 3.13. The highest BCUT2D eigenvalue weighted by Crippen LogP contribution is 2.30. The minimum Gasteiger partial charge on any atom is -0.341 e. The maximum atomic E-state index is 4.38. The highest BCUT2D eigenvalue weighted by molar-refractivity contribution is 5.51. The van der Waals surface area contributed by atoms with Crippen molar-refractivity contribution in [1.29, 1.82) is 0 Å². The number of anilines is 3. The predicted octanol–water partition coefficient (Wildman–Crippen LogP) is 2.79. The number of nitrogens with one attached hydrogen (secondary N) is 1. The molecular weight excluding hydrogens is 314 g/mol. The minimum atomic E-state index is 0.519. The lowest BCUT2D eigenvalue weighted by molar-refractivity contribution is 0.499. The van der Waals surface area contributed by atoms with Crippen molar-refractivity contribution in [3.63, 3.8) is 0 Å². The first-order chi connectivity index (χ1) is 12.4. The summed E-state index contributed by atoms with van der Waals surface area (Å²) in [7, 11) is 0. The molecule has 0 amide bonds. The van der Waals surface area contributed by atoms with Gasteiger partial charge in [0, 0.05) is 44.1 Å². The fraction of sp³-hybridized carbons (Fsp3) is 0.278. The highest BCUT2D eigenvalue weighted by atomic mass is 15.2. The molecule has 1 aliphatic rings. The summed E-state index contributed by atoms with van der Waals surface area (Å²) in [5.41, 5.74) is 1.30. The first-order valence-electron chi connectivity index (χ1n) is 8.39. The van der Waals surface area contributed by atoms with Crippen LogP contribution in [-0.4, -0.2) is 38.0 Å². The van der Waals surface area contributed by atoms with Gasteiger partial charge in [-0.25, -0.2) is 19.9 Å². The molecule has 0 bridgehead atoms. The fourth-order valence-electron chi connectivity index (χ4n) is 3.13. The molecule has 4 rings (SSSR count). The monoisotopic (exact) mass is 333 g/mol. The van der Waals surface area contributed by atoms with E-state index in [1.165, 1.54) is 5.56 Å². The van der Waals surface area contributed by atoms with Crippen molar-refractivity contribution in [3.05, 3.63) is 60.9 Å². The summed E-state index contributed by atoms with van der Waals surface area (Å²) in [6.07, 6.45) is 12.6. The smallest absolute Gasteiger partial charge is 0.225 e. The molecule has 7 nitrogen and oxygen atoms in total. The summed E-state index contributed by atoms with van der Waals surface area (Å²) in [5.74, 6) is 2.83. The zero-order valence-electron chi connectivity index (χ0n) is 13.8. The largest absolute Gasteiger partial charge is 0.341 e. The first-order valence-corrected chi connectivity index (χ1v) is 8.39. The van der Waals surface area contributed by atoms with E-state index in [0.29, 0.717) is 11.7 Å². The van der Waals surface area contributed by atoms with E-state index in [2.05, 4.69) is 47.3 Å². The quantitative estimate of drug-likeness (QED) is 0.786. The molecular formula is C18H19N7. The van der Waals surface area contributed by atoms with Crippen LogP contribution in [0.5, 0.6) is 0 Å². The molecule has 0 unspecified atom stereocenters. The second kappa shape index (κ2) is 7.21. The number of piperidine rings is 1. The Morgan fingerprint density at radius 3 is 2.44 bits per heavy atom. The number of hydrogen-bond donors (Lipinski definition) is 1. The van der Waals surface area contributed by atoms with Gasteiger partial charge < -0.3 is 10.2 Å². The van der Waals surface area contributed by atoms with E-state index in [-0.39, 0.29) is 0 Å². The third kappa shape index (κ3) is 3.71. The molecule has 0 saturated carbocycles. The van der Waals surface area contributed by atoms with Gasteiger partial charge in [0.05, 0.1) is 6.20 Å². The van der Waals surface area contributed by atoms with Crippen LogP contribution in [0.4, 0.5) is 17.6 Å². The average Bonchev–Trinajstić information content (AvgIpc) is 2.70. The number of pyridine rings is 1. The maximum absolute atomic E-state index is 4.38. The molecule has 25 heavy (non-hydrogen) atoms. The second-order valence-corrected chi connectivity index (χ2v) is 6.00. The van der Waals surface area contributed by atoms with Crippen molar-refractivity contribution >= 4 is 17.6 Å². The SMILES string of the molecule is c1cnc(N2CCC(c3ccnc(Nc4cnccn4)c3)CC2)nc1. The standard InChI is InChI=1S/C18H19N7/c1-5-22-18(23-6-1)25-10-3-14(4-11-25)15-2-7-20-16(12-15)24-17-13-19-8-9-21-17/h1-2,5-9,12-14H,3-4,10-11H2,(H,20,21,24). The van der Waals surface area contributed by atoms with Crippen LogP contribution in [-0.2, 0) is 0 Å². The summed E-state index contributed by atoms with van der Waals surface area (Å²) in [6, 6.07) is 6.05. The van der Waals surface area contributed by atoms with Crippen molar-refractivity contribution in [2.45, 2.75) is 18.8 Å². The van der Waals surface area contributed by atoms with Gasteiger partial charge in [-0.1, -0.05) is 0 Å². The van der Waals surface area contributed by atoms with Gasteiger partial charge in [0.25, 0.3) is 0 Å². The predicted molar refractivity (Wildman–Crippen MR) is 95.8 cm³/mol. The zero-order chi connectivity index (χ0) is 16.9. The Bertz CT molecular complexity index is 802. The molecule has 7 heteroatoms. The van der Waals surface area contributed by atoms with E-state index in [1.54, 1.807) is 31.0 Å². The molecule has 1 saturated heterocycles. The van der Waals surface area contributed by atoms with Crippen LogP contribution in [0.3, 0.4) is 0 Å². The van der Waals surface area contributed by atoms with Crippen LogP contribution < -0.4 is 10.2 Å². The van der Waals surface area contributed by atoms with Crippen LogP contribution in [0.2, 0.25) is 0 Å². The number of hydrogen-bond acceptors (Lipinski definition) is 7. The lowest BCUT2D eigenvalue weighted by atomic mass is 9.90. The molecule has 1 fully saturated rings. The average molecular weight is 333 g/mol. The Hall–Kier alpha value is -3.09. The van der Waals surface area contributed by atoms with Crippen LogP contribution in [0, 0.1) is 0 Å². The van der Waals surface area contributed by atoms with E-state index >= 15 is 0 Å². The molecule has 1 N–H and O–H groups in total. The van der Waals surface area contributed by atoms with Gasteiger partial charge in [0.15, 0.2) is 0 Å². The van der Waals surface area contributed by atoms with E-state index in [1.807, 2.05) is 12.3 Å². The molecule has 0 spiro atoms. The van der Waals surface area contributed by atoms with Crippen LogP contribution >= 0.6 is 0 Å². The first kappa shape index (κ1) is 15.4. The Morgan fingerprint density at radius 1 is 0.880 bits per heavy atom. The summed E-state index contributed by atoms with van der Waals surface area (Å²) < 4.78 is 0. The summed E-state index contributed by atoms with van der Waals surface area (Å²) in [4.78, 5) is 23.6. The molecule has 0 aliphatic carbocycles. The lowest BCUT2D eigenvalue weighted by Crippen LogP contribution is -2.34. The summed E-state index contributed by atoms with van der Waals surface area (Å²) in [5, 5.41) is 3.20. The Kier molecular flexibility index (Phi) is 4.45. The molecule has 0 aromatic carbocycles. The third-order valence-electron chi connectivity index (χ3n) is 4.40. The topological polar surface area (TPSA) is 79.7 Å². The van der Waals surface area contributed by atoms with E-state index in [9.17, 15) is 0 Å². The molecule has 126 valence electrons. The molecule has 0 atom stereocenters. The van der Waals surface area contributed by atoms with Crippen LogP contribution in [0.25, 0.3) is 0 Å². The highest BCUT2D eigenvalue weighted by Gasteiger charge is 2.22. The van der Waals surface area contributed by atoms with Gasteiger partial charge in [0.1, 0.15) is 11.6 Å². The van der Waals surface area contributed by atoms with E-state index < -0.39 is 0 Å². The van der Waals surface area contributed by atoms with Gasteiger partial charge in [0.2, 0.25) is 5.95 Å². The van der Waals surface area contributed by atoms with Crippen molar-refractivity contribution in [2.75, 3.05) is 23.3 Å². The van der Waals surface area contributed by atoms with Crippen molar-refractivity contribution in [1.82, 2.24) is 24.9 Å². The zero-order valence-corrected chi connectivity index (χ0v) is 13.8. The maximum Gasteiger partial charge on any atom is 0.225 e. The Labute approximate surface area is 146 Å². The molecule has 3 aromatic rings. The van der Waals surface area contributed by atoms with Crippen molar-refractivity contribution in [2.24, 2.45) is 0 Å². The number of aromatic nitrogens is 5. The van der Waals surface area contributed by atoms with Gasteiger partial charge in [-0.2, -0.15) is 0 Å². The van der Waals surface area contributed by atoms with Gasteiger partial charge in [-0.3, -0.25) is 4.98 Å². The van der Waals surface area contributed by atoms with Gasteiger partial charge in [-0.05, 0) is 42.5 Å². The second-order valence-electron chi connectivity index (χ2n) is 6.00. The molecule has 4 heterocycles. The number of rotatable bonds is 4. The molecule has 3 aromatic heterocycles. The Morgan fingerprint density at radius 2 is 1.68 bits per heavy atom. The summed E-state index contributed by atoms with van der Waals surface area (Å²) >= 11 is 0. The van der Waals surface area contributed by atoms with Gasteiger partial charge >= 0.3 is 0 Å². The normalized spacial score (nSPS) is 15.1. The van der Waals surface area contributed by atoms with E-state index in [0.717, 1.165) is 37.7 Å². The van der Waals surface area contributed by atoms with Crippen molar-refractivity contribution in [3.8, 4) is 0 Å². The van der Waals surface area contributed by atoms with Crippen molar-refractivity contribution < 1.29 is 0 Å². The molecule has 0 radical (unpaired) electrons.